The number of nitrogens with one attached hydrogen (secondary N) is 1. The minimum absolute atomic E-state index is 0.153. The number of carbonyl (C=O) groups is 1. The van der Waals surface area contributed by atoms with E-state index in [1.165, 1.54) is 5.56 Å². The van der Waals surface area contributed by atoms with E-state index >= 15 is 0 Å². The normalized spacial score (nSPS) is 13.7. The van der Waals surface area contributed by atoms with Crippen molar-refractivity contribution in [2.45, 2.75) is 46.5 Å². The molecule has 0 radical (unpaired) electrons. The van der Waals surface area contributed by atoms with E-state index in [1.807, 2.05) is 50.7 Å². The van der Waals surface area contributed by atoms with Gasteiger partial charge in [0, 0.05) is 18.7 Å². The van der Waals surface area contributed by atoms with Gasteiger partial charge in [0.15, 0.2) is 5.65 Å². The largest absolute Gasteiger partial charge is 0.319 e. The monoisotopic (exact) mass is 414 g/mol. The van der Waals surface area contributed by atoms with Gasteiger partial charge in [0.05, 0.1) is 39.4 Å². The van der Waals surface area contributed by atoms with E-state index in [4.69, 9.17) is 4.98 Å². The number of aromatic nitrogens is 5. The zero-order valence-corrected chi connectivity index (χ0v) is 18.5. The van der Waals surface area contributed by atoms with Gasteiger partial charge >= 0.3 is 0 Å². The molecule has 5 rings (SSSR count). The van der Waals surface area contributed by atoms with Crippen molar-refractivity contribution in [3.05, 3.63) is 64.2 Å². The Labute approximate surface area is 181 Å². The SMILES string of the molecule is Cc1ccc(-n2nc(C)c(NC(=O)c3cc(C4CC4)nc4c3c(C)nn4C)c2C)cc1. The van der Waals surface area contributed by atoms with Crippen molar-refractivity contribution in [3.63, 3.8) is 0 Å². The fourth-order valence-corrected chi connectivity index (χ4v) is 4.17. The van der Waals surface area contributed by atoms with E-state index in [0.717, 1.165) is 58.0 Å². The van der Waals surface area contributed by atoms with Crippen molar-refractivity contribution in [3.8, 4) is 5.69 Å². The highest BCUT2D eigenvalue weighted by atomic mass is 16.1. The maximum atomic E-state index is 13.5. The minimum atomic E-state index is -0.153. The van der Waals surface area contributed by atoms with Crippen LogP contribution in [0.3, 0.4) is 0 Å². The summed E-state index contributed by atoms with van der Waals surface area (Å²) in [5.41, 5.74) is 7.74. The molecule has 0 spiro atoms. The molecule has 1 N–H and O–H groups in total. The van der Waals surface area contributed by atoms with Crippen molar-refractivity contribution < 1.29 is 4.79 Å². The first kappa shape index (κ1) is 19.5. The van der Waals surface area contributed by atoms with Crippen LogP contribution >= 0.6 is 0 Å². The Kier molecular flexibility index (Phi) is 4.43. The zero-order valence-electron chi connectivity index (χ0n) is 18.5. The number of amides is 1. The number of rotatable bonds is 4. The lowest BCUT2D eigenvalue weighted by Crippen LogP contribution is -2.15. The summed E-state index contributed by atoms with van der Waals surface area (Å²) in [6, 6.07) is 10.1. The number of carbonyl (C=O) groups excluding carboxylic acids is 1. The third-order valence-corrected chi connectivity index (χ3v) is 6.04. The Morgan fingerprint density at radius 3 is 2.42 bits per heavy atom. The third-order valence-electron chi connectivity index (χ3n) is 6.04. The first-order valence-electron chi connectivity index (χ1n) is 10.6. The number of anilines is 1. The van der Waals surface area contributed by atoms with Gasteiger partial charge in [-0.05, 0) is 58.7 Å². The lowest BCUT2D eigenvalue weighted by Gasteiger charge is -2.10. The van der Waals surface area contributed by atoms with Gasteiger partial charge in [0.1, 0.15) is 0 Å². The number of pyridine rings is 1. The van der Waals surface area contributed by atoms with Crippen LogP contribution in [0.25, 0.3) is 16.7 Å². The second-order valence-corrected chi connectivity index (χ2v) is 8.52. The first-order chi connectivity index (χ1) is 14.8. The highest BCUT2D eigenvalue weighted by Crippen LogP contribution is 2.40. The number of benzene rings is 1. The summed E-state index contributed by atoms with van der Waals surface area (Å²) in [6.07, 6.45) is 2.25. The molecule has 1 aliphatic rings. The molecule has 1 fully saturated rings. The molecule has 4 aromatic rings. The summed E-state index contributed by atoms with van der Waals surface area (Å²) < 4.78 is 3.64. The first-order valence-corrected chi connectivity index (χ1v) is 10.6. The maximum Gasteiger partial charge on any atom is 0.256 e. The number of aryl methyl sites for hydroxylation is 4. The number of hydrogen-bond donors (Lipinski definition) is 1. The molecule has 0 bridgehead atoms. The van der Waals surface area contributed by atoms with E-state index in [9.17, 15) is 4.79 Å². The lowest BCUT2D eigenvalue weighted by molar-refractivity contribution is 0.102. The Morgan fingerprint density at radius 2 is 1.74 bits per heavy atom. The van der Waals surface area contributed by atoms with Crippen LogP contribution in [0.5, 0.6) is 0 Å². The van der Waals surface area contributed by atoms with Crippen molar-refractivity contribution in [1.82, 2.24) is 24.5 Å². The fourth-order valence-electron chi connectivity index (χ4n) is 4.17. The van der Waals surface area contributed by atoms with Crippen LogP contribution in [0.1, 0.15) is 57.5 Å². The summed E-state index contributed by atoms with van der Waals surface area (Å²) in [4.78, 5) is 18.3. The Bertz CT molecular complexity index is 1320. The molecule has 31 heavy (non-hydrogen) atoms. The minimum Gasteiger partial charge on any atom is -0.319 e. The molecule has 3 heterocycles. The van der Waals surface area contributed by atoms with Crippen LogP contribution in [0.4, 0.5) is 5.69 Å². The van der Waals surface area contributed by atoms with Crippen molar-refractivity contribution in [2.24, 2.45) is 7.05 Å². The van der Waals surface area contributed by atoms with Crippen LogP contribution in [-0.4, -0.2) is 30.5 Å². The standard InChI is InChI=1S/C24H26N6O/c1-13-6-10-18(11-7-13)30-16(4)22(15(3)28-30)26-24(31)19-12-20(17-8-9-17)25-23-21(19)14(2)27-29(23)5/h6-7,10-12,17H,8-9H2,1-5H3,(H,26,31). The van der Waals surface area contributed by atoms with E-state index < -0.39 is 0 Å². The van der Waals surface area contributed by atoms with Crippen LogP contribution in [0.2, 0.25) is 0 Å². The average molecular weight is 415 g/mol. The molecule has 1 aliphatic carbocycles. The number of hydrogen-bond acceptors (Lipinski definition) is 4. The van der Waals surface area contributed by atoms with Crippen molar-refractivity contribution >= 4 is 22.6 Å². The van der Waals surface area contributed by atoms with E-state index in [-0.39, 0.29) is 5.91 Å². The van der Waals surface area contributed by atoms with Gasteiger partial charge in [0.2, 0.25) is 0 Å². The van der Waals surface area contributed by atoms with Gasteiger partial charge in [-0.15, -0.1) is 0 Å². The van der Waals surface area contributed by atoms with Crippen LogP contribution in [0.15, 0.2) is 30.3 Å². The average Bonchev–Trinajstić information content (AvgIpc) is 3.51. The maximum absolute atomic E-state index is 13.5. The van der Waals surface area contributed by atoms with E-state index in [1.54, 1.807) is 4.68 Å². The second kappa shape index (κ2) is 7.04. The summed E-state index contributed by atoms with van der Waals surface area (Å²) in [5.74, 6) is 0.291. The summed E-state index contributed by atoms with van der Waals surface area (Å²) in [7, 11) is 1.88. The summed E-state index contributed by atoms with van der Waals surface area (Å²) in [5, 5.41) is 13.1. The predicted molar refractivity (Wildman–Crippen MR) is 121 cm³/mol. The van der Waals surface area contributed by atoms with Gasteiger partial charge in [-0.2, -0.15) is 10.2 Å². The Morgan fingerprint density at radius 1 is 1.03 bits per heavy atom. The van der Waals surface area contributed by atoms with Gasteiger partial charge in [0.25, 0.3) is 5.91 Å². The molecule has 0 atom stereocenters. The molecule has 1 aromatic carbocycles. The van der Waals surface area contributed by atoms with Crippen LogP contribution in [-0.2, 0) is 7.05 Å². The van der Waals surface area contributed by atoms with Gasteiger partial charge in [-0.25, -0.2) is 9.67 Å². The Hall–Kier alpha value is -3.48. The van der Waals surface area contributed by atoms with Gasteiger partial charge < -0.3 is 5.32 Å². The van der Waals surface area contributed by atoms with Crippen LogP contribution < -0.4 is 5.32 Å². The van der Waals surface area contributed by atoms with E-state index in [0.29, 0.717) is 11.5 Å². The van der Waals surface area contributed by atoms with E-state index in [2.05, 4.69) is 34.6 Å². The lowest BCUT2D eigenvalue weighted by atomic mass is 10.1. The third kappa shape index (κ3) is 3.30. The van der Waals surface area contributed by atoms with Gasteiger partial charge in [-0.3, -0.25) is 9.48 Å². The molecule has 158 valence electrons. The number of nitrogens with zero attached hydrogens (tertiary/aromatic N) is 5. The molecule has 3 aromatic heterocycles. The molecule has 0 saturated heterocycles. The predicted octanol–water partition coefficient (Wildman–Crippen LogP) is 4.52. The highest BCUT2D eigenvalue weighted by Gasteiger charge is 2.29. The second-order valence-electron chi connectivity index (χ2n) is 8.52. The molecule has 1 amide bonds. The van der Waals surface area contributed by atoms with Crippen LogP contribution in [0, 0.1) is 27.7 Å². The Balaban J connectivity index is 1.55. The number of fused-ring (bicyclic) bond motifs is 1. The van der Waals surface area contributed by atoms with Crippen molar-refractivity contribution in [2.75, 3.05) is 5.32 Å². The molecule has 0 aliphatic heterocycles. The molecule has 1 saturated carbocycles. The zero-order chi connectivity index (χ0) is 21.9. The summed E-state index contributed by atoms with van der Waals surface area (Å²) in [6.45, 7) is 7.87. The molecular formula is C24H26N6O. The summed E-state index contributed by atoms with van der Waals surface area (Å²) >= 11 is 0. The molecule has 7 nitrogen and oxygen atoms in total. The van der Waals surface area contributed by atoms with Crippen molar-refractivity contribution in [1.29, 1.82) is 0 Å². The highest BCUT2D eigenvalue weighted by molar-refractivity contribution is 6.13. The molecular weight excluding hydrogens is 388 g/mol. The topological polar surface area (TPSA) is 77.6 Å². The molecule has 0 unspecified atom stereocenters. The fraction of sp³-hybridized carbons (Fsp3) is 0.333. The molecule has 7 heteroatoms. The smallest absolute Gasteiger partial charge is 0.256 e. The van der Waals surface area contributed by atoms with Gasteiger partial charge in [-0.1, -0.05) is 17.7 Å². The quantitative estimate of drug-likeness (QED) is 0.533.